The normalized spacial score (nSPS) is 18.1. The van der Waals surface area contributed by atoms with E-state index in [4.69, 9.17) is 18.5 Å². The number of aliphatic hydroxyl groups is 1. The third kappa shape index (κ3) is 30.6. The lowest BCUT2D eigenvalue weighted by Gasteiger charge is -2.28. The number of likely N-dealkylation sites (N-methyl/N-ethyl adjacent to an activating group) is 1. The smallest absolute Gasteiger partial charge is 0.306 e. The number of carbonyl (C=O) groups excluding carboxylic acids is 3. The van der Waals surface area contributed by atoms with Gasteiger partial charge in [-0.05, 0) is 69.8 Å². The van der Waals surface area contributed by atoms with Crippen molar-refractivity contribution in [1.29, 1.82) is 0 Å². The van der Waals surface area contributed by atoms with Gasteiger partial charge in [-0.15, -0.1) is 0 Å². The lowest BCUT2D eigenvalue weighted by Crippen LogP contribution is -2.37. The SMILES string of the molecule is CCCCCC/C=C\CCCCCCCCCC(=O)O[C@H](COC(=O)CCC/C=C\C[C@H]1C=CC(=O)[C@@H]1/C=C/[C@@H](O)CCCCC)COP(=O)([O-])OCC[N+](C)(C)C. The molecule has 0 saturated carbocycles. The number of nitrogens with zero attached hydrogens (tertiary/aromatic N) is 1. The number of phosphoric ester groups is 1. The van der Waals surface area contributed by atoms with Crippen molar-refractivity contribution in [3.05, 3.63) is 48.6 Å². The average Bonchev–Trinajstić information content (AvgIpc) is 3.52. The number of rotatable bonds is 37. The maximum absolute atomic E-state index is 12.7. The van der Waals surface area contributed by atoms with Gasteiger partial charge in [0.05, 0.1) is 33.9 Å². The summed E-state index contributed by atoms with van der Waals surface area (Å²) in [6, 6.07) is 0. The van der Waals surface area contributed by atoms with Crippen LogP contribution in [0.25, 0.3) is 0 Å². The minimum Gasteiger partial charge on any atom is -0.756 e. The van der Waals surface area contributed by atoms with Crippen LogP contribution in [0.5, 0.6) is 0 Å². The van der Waals surface area contributed by atoms with Crippen LogP contribution >= 0.6 is 7.82 Å². The van der Waals surface area contributed by atoms with Crippen molar-refractivity contribution in [3.63, 3.8) is 0 Å². The summed E-state index contributed by atoms with van der Waals surface area (Å²) in [6.45, 7) is 3.87. The number of allylic oxidation sites excluding steroid dienone is 7. The van der Waals surface area contributed by atoms with E-state index in [2.05, 4.69) is 26.0 Å². The Bertz CT molecular complexity index is 1270. The molecule has 1 unspecified atom stereocenters. The first-order valence-electron chi connectivity index (χ1n) is 22.4. The van der Waals surface area contributed by atoms with E-state index in [-0.39, 0.29) is 43.7 Å². The zero-order valence-electron chi connectivity index (χ0n) is 36.8. The van der Waals surface area contributed by atoms with E-state index in [1.807, 2.05) is 45.4 Å². The summed E-state index contributed by atoms with van der Waals surface area (Å²) in [4.78, 5) is 50.1. The fourth-order valence-electron chi connectivity index (χ4n) is 6.40. The van der Waals surface area contributed by atoms with Gasteiger partial charge in [0, 0.05) is 18.8 Å². The number of phosphoric acid groups is 1. The number of ketones is 1. The molecule has 1 rings (SSSR count). The summed E-state index contributed by atoms with van der Waals surface area (Å²) in [5, 5.41) is 10.2. The molecule has 0 saturated heterocycles. The van der Waals surface area contributed by atoms with Crippen LogP contribution in [-0.2, 0) is 37.5 Å². The third-order valence-electron chi connectivity index (χ3n) is 10.1. The largest absolute Gasteiger partial charge is 0.756 e. The highest BCUT2D eigenvalue weighted by Crippen LogP contribution is 2.38. The zero-order chi connectivity index (χ0) is 42.9. The van der Waals surface area contributed by atoms with Crippen molar-refractivity contribution in [2.45, 2.75) is 167 Å². The van der Waals surface area contributed by atoms with E-state index < -0.39 is 38.6 Å². The van der Waals surface area contributed by atoms with Crippen LogP contribution in [0, 0.1) is 11.8 Å². The summed E-state index contributed by atoms with van der Waals surface area (Å²) >= 11 is 0. The van der Waals surface area contributed by atoms with Gasteiger partial charge >= 0.3 is 11.9 Å². The minimum atomic E-state index is -4.68. The molecule has 1 aliphatic rings. The second kappa shape index (κ2) is 33.3. The highest BCUT2D eigenvalue weighted by Gasteiger charge is 2.27. The van der Waals surface area contributed by atoms with Crippen LogP contribution in [0.15, 0.2) is 48.6 Å². The lowest BCUT2D eigenvalue weighted by atomic mass is 9.90. The molecule has 0 aromatic heterocycles. The minimum absolute atomic E-state index is 0.0272. The molecule has 0 heterocycles. The number of hydrogen-bond donors (Lipinski definition) is 1. The predicted molar refractivity (Wildman–Crippen MR) is 231 cm³/mol. The standard InChI is InChI=1S/C46H80NO10P/c1-6-8-10-11-12-13-14-15-16-17-18-19-20-21-27-31-46(51)57-42(39-56-58(52,53)55-37-36-47(3,4)5)38-54-45(50)30-26-23-22-25-28-40-32-35-44(49)43(40)34-33-41(48)29-24-9-7-2/h13-14,22,25,32-35,40-43,48H,6-12,15-21,23-24,26-31,36-39H2,1-5H3/b14-13-,25-22-,34-33+/t40-,41-,42+,43+/m0/s1. The van der Waals surface area contributed by atoms with Crippen molar-refractivity contribution < 1.29 is 52.0 Å². The van der Waals surface area contributed by atoms with Gasteiger partial charge in [-0.3, -0.25) is 18.9 Å². The first-order chi connectivity index (χ1) is 27.8. The van der Waals surface area contributed by atoms with E-state index >= 15 is 0 Å². The third-order valence-corrected chi connectivity index (χ3v) is 11.0. The van der Waals surface area contributed by atoms with Gasteiger partial charge in [0.2, 0.25) is 0 Å². The van der Waals surface area contributed by atoms with Gasteiger partial charge < -0.3 is 33.0 Å². The summed E-state index contributed by atoms with van der Waals surface area (Å²) in [6.07, 6.45) is 34.8. The first-order valence-corrected chi connectivity index (χ1v) is 23.9. The maximum atomic E-state index is 12.7. The van der Waals surface area contributed by atoms with Crippen molar-refractivity contribution >= 4 is 25.5 Å². The fraction of sp³-hybridized carbons (Fsp3) is 0.761. The monoisotopic (exact) mass is 838 g/mol. The Kier molecular flexibility index (Phi) is 30.8. The van der Waals surface area contributed by atoms with E-state index in [0.717, 1.165) is 44.9 Å². The van der Waals surface area contributed by atoms with Crippen LogP contribution in [0.4, 0.5) is 0 Å². The van der Waals surface area contributed by atoms with Crippen molar-refractivity contribution in [2.75, 3.05) is 47.5 Å². The lowest BCUT2D eigenvalue weighted by molar-refractivity contribution is -0.870. The molecule has 58 heavy (non-hydrogen) atoms. The Morgan fingerprint density at radius 1 is 0.793 bits per heavy atom. The van der Waals surface area contributed by atoms with Gasteiger partial charge in [0.1, 0.15) is 19.8 Å². The molecule has 0 fully saturated rings. The molecule has 11 nitrogen and oxygen atoms in total. The molecule has 0 aliphatic heterocycles. The van der Waals surface area contributed by atoms with E-state index in [1.54, 1.807) is 12.2 Å². The Morgan fingerprint density at radius 2 is 1.38 bits per heavy atom. The molecule has 1 aliphatic carbocycles. The second-order valence-electron chi connectivity index (χ2n) is 16.7. The Balaban J connectivity index is 2.46. The van der Waals surface area contributed by atoms with Gasteiger partial charge in [-0.25, -0.2) is 0 Å². The summed E-state index contributed by atoms with van der Waals surface area (Å²) in [7, 11) is 1.05. The number of carbonyl (C=O) groups is 3. The van der Waals surface area contributed by atoms with Gasteiger partial charge in [0.15, 0.2) is 11.9 Å². The van der Waals surface area contributed by atoms with Gasteiger partial charge in [0.25, 0.3) is 7.82 Å². The molecule has 0 aromatic rings. The van der Waals surface area contributed by atoms with Crippen molar-refractivity contribution in [1.82, 2.24) is 0 Å². The quantitative estimate of drug-likeness (QED) is 0.0211. The Labute approximate surface area is 351 Å². The van der Waals surface area contributed by atoms with Gasteiger partial charge in [-0.2, -0.15) is 0 Å². The molecular formula is C46H80NO10P. The first kappa shape index (κ1) is 53.6. The number of ether oxygens (including phenoxy) is 2. The van der Waals surface area contributed by atoms with Crippen molar-refractivity contribution in [2.24, 2.45) is 11.8 Å². The molecular weight excluding hydrogens is 757 g/mol. The Morgan fingerprint density at radius 3 is 2.05 bits per heavy atom. The number of unbranched alkanes of at least 4 members (excludes halogenated alkanes) is 14. The van der Waals surface area contributed by atoms with E-state index in [1.165, 1.54) is 51.4 Å². The van der Waals surface area contributed by atoms with Gasteiger partial charge in [-0.1, -0.05) is 127 Å². The molecule has 0 aromatic carbocycles. The summed E-state index contributed by atoms with van der Waals surface area (Å²) in [5.41, 5.74) is 0. The number of hydrogen-bond acceptors (Lipinski definition) is 10. The topological polar surface area (TPSA) is 148 Å². The van der Waals surface area contributed by atoms with Crippen molar-refractivity contribution in [3.8, 4) is 0 Å². The number of aliphatic hydroxyl groups excluding tert-OH is 1. The zero-order valence-corrected chi connectivity index (χ0v) is 37.7. The van der Waals surface area contributed by atoms with Crippen LogP contribution in [-0.4, -0.2) is 87.0 Å². The average molecular weight is 838 g/mol. The van der Waals surface area contributed by atoms with Crippen LogP contribution in [0.2, 0.25) is 0 Å². The fourth-order valence-corrected chi connectivity index (χ4v) is 7.13. The molecule has 5 atom stereocenters. The maximum Gasteiger partial charge on any atom is 0.306 e. The number of esters is 2. The highest BCUT2D eigenvalue weighted by atomic mass is 31.2. The summed E-state index contributed by atoms with van der Waals surface area (Å²) < 4.78 is 33.8. The van der Waals surface area contributed by atoms with E-state index in [0.29, 0.717) is 43.1 Å². The van der Waals surface area contributed by atoms with Crippen LogP contribution < -0.4 is 4.89 Å². The molecule has 12 heteroatoms. The van der Waals surface area contributed by atoms with E-state index in [9.17, 15) is 28.9 Å². The molecule has 1 N–H and O–H groups in total. The molecule has 334 valence electrons. The second-order valence-corrected chi connectivity index (χ2v) is 18.1. The molecule has 0 radical (unpaired) electrons. The number of quaternary nitrogens is 1. The molecule has 0 bridgehead atoms. The predicted octanol–water partition coefficient (Wildman–Crippen LogP) is 9.67. The Hall–Kier alpha value is -2.40. The van der Waals surface area contributed by atoms with Crippen LogP contribution in [0.3, 0.4) is 0 Å². The highest BCUT2D eigenvalue weighted by molar-refractivity contribution is 7.45. The van der Waals surface area contributed by atoms with Crippen LogP contribution in [0.1, 0.15) is 155 Å². The summed E-state index contributed by atoms with van der Waals surface area (Å²) in [5.74, 6) is -1.20. The molecule has 0 spiro atoms. The molecule has 0 amide bonds.